The number of aromatic amines is 1. The van der Waals surface area contributed by atoms with Crippen molar-refractivity contribution in [3.8, 4) is 5.75 Å². The molecule has 1 N–H and O–H groups in total. The summed E-state index contributed by atoms with van der Waals surface area (Å²) in [4.78, 5) is 37.6. The van der Waals surface area contributed by atoms with Crippen molar-refractivity contribution in [2.75, 3.05) is 38.3 Å². The molecule has 8 heteroatoms. The molecular weight excluding hydrogens is 420 g/mol. The van der Waals surface area contributed by atoms with Crippen molar-refractivity contribution in [3.63, 3.8) is 0 Å². The number of rotatable bonds is 9. The Kier molecular flexibility index (Phi) is 7.33. The van der Waals surface area contributed by atoms with E-state index in [1.54, 1.807) is 7.11 Å². The zero-order chi connectivity index (χ0) is 23.4. The first-order valence-electron chi connectivity index (χ1n) is 11.8. The number of hydrogen-bond acceptors (Lipinski definition) is 6. The van der Waals surface area contributed by atoms with Crippen LogP contribution in [0.25, 0.3) is 0 Å². The van der Waals surface area contributed by atoms with Crippen LogP contribution in [0, 0.1) is 12.8 Å². The molecule has 1 aliphatic carbocycles. The maximum absolute atomic E-state index is 13.3. The fourth-order valence-electron chi connectivity index (χ4n) is 4.41. The van der Waals surface area contributed by atoms with E-state index in [4.69, 9.17) is 9.47 Å². The van der Waals surface area contributed by atoms with E-state index >= 15 is 0 Å². The number of carbonyl (C=O) groups is 1. The lowest BCUT2D eigenvalue weighted by atomic mass is 10.1. The molecule has 0 spiro atoms. The van der Waals surface area contributed by atoms with Crippen LogP contribution in [0.5, 0.6) is 5.75 Å². The summed E-state index contributed by atoms with van der Waals surface area (Å²) in [6.07, 6.45) is 3.00. The first-order chi connectivity index (χ1) is 16.0. The number of aromatic nitrogens is 2. The van der Waals surface area contributed by atoms with Gasteiger partial charge in [-0.2, -0.15) is 0 Å². The quantitative estimate of drug-likeness (QED) is 0.627. The highest BCUT2D eigenvalue weighted by molar-refractivity contribution is 5.77. The molecule has 1 aromatic carbocycles. The predicted octanol–water partition coefficient (Wildman–Crippen LogP) is 2.68. The Balaban J connectivity index is 1.44. The summed E-state index contributed by atoms with van der Waals surface area (Å²) in [5, 5.41) is 0. The van der Waals surface area contributed by atoms with E-state index in [0.717, 1.165) is 11.3 Å². The second-order valence-corrected chi connectivity index (χ2v) is 9.00. The lowest BCUT2D eigenvalue weighted by molar-refractivity contribution is -0.134. The SMILES string of the molecule is COc1ccc(CN(C(=O)CCc2c(C)nc(N3CCOCC3)[nH]c2=O)C(C)C2CC2)cc1. The van der Waals surface area contributed by atoms with Crippen molar-refractivity contribution in [1.29, 1.82) is 0 Å². The van der Waals surface area contributed by atoms with Crippen LogP contribution in [0.15, 0.2) is 29.1 Å². The van der Waals surface area contributed by atoms with Crippen LogP contribution in [0.2, 0.25) is 0 Å². The number of carbonyl (C=O) groups excluding carboxylic acids is 1. The maximum atomic E-state index is 13.3. The Labute approximate surface area is 194 Å². The van der Waals surface area contributed by atoms with E-state index in [1.165, 1.54) is 12.8 Å². The molecule has 8 nitrogen and oxygen atoms in total. The van der Waals surface area contributed by atoms with Gasteiger partial charge in [0.05, 0.1) is 20.3 Å². The monoisotopic (exact) mass is 454 g/mol. The highest BCUT2D eigenvalue weighted by atomic mass is 16.5. The average Bonchev–Trinajstić information content (AvgIpc) is 3.68. The Bertz CT molecular complexity index is 1010. The molecule has 1 aliphatic heterocycles. The molecule has 2 aromatic rings. The Hall–Kier alpha value is -2.87. The van der Waals surface area contributed by atoms with Gasteiger partial charge in [-0.15, -0.1) is 0 Å². The summed E-state index contributed by atoms with van der Waals surface area (Å²) in [6, 6.07) is 8.03. The number of nitrogens with zero attached hydrogens (tertiary/aromatic N) is 3. The lowest BCUT2D eigenvalue weighted by Crippen LogP contribution is -2.40. The predicted molar refractivity (Wildman–Crippen MR) is 127 cm³/mol. The number of ether oxygens (including phenoxy) is 2. The Morgan fingerprint density at radius 2 is 1.97 bits per heavy atom. The van der Waals surface area contributed by atoms with Gasteiger partial charge in [-0.3, -0.25) is 14.6 Å². The third-order valence-corrected chi connectivity index (χ3v) is 6.74. The molecule has 2 heterocycles. The number of amides is 1. The second-order valence-electron chi connectivity index (χ2n) is 9.00. The van der Waals surface area contributed by atoms with E-state index in [9.17, 15) is 9.59 Å². The van der Waals surface area contributed by atoms with Gasteiger partial charge in [0.1, 0.15) is 5.75 Å². The molecule has 33 heavy (non-hydrogen) atoms. The fraction of sp³-hybridized carbons (Fsp3) is 0.560. The smallest absolute Gasteiger partial charge is 0.255 e. The van der Waals surface area contributed by atoms with E-state index < -0.39 is 0 Å². The molecule has 2 aliphatic rings. The van der Waals surface area contributed by atoms with Gasteiger partial charge in [0.15, 0.2) is 0 Å². The van der Waals surface area contributed by atoms with Crippen LogP contribution >= 0.6 is 0 Å². The normalized spacial score (nSPS) is 17.0. The van der Waals surface area contributed by atoms with Crippen molar-refractivity contribution in [2.24, 2.45) is 5.92 Å². The third kappa shape index (κ3) is 5.74. The van der Waals surface area contributed by atoms with Gasteiger partial charge in [0.25, 0.3) is 5.56 Å². The first-order valence-corrected chi connectivity index (χ1v) is 11.8. The van der Waals surface area contributed by atoms with Gasteiger partial charge in [0, 0.05) is 43.4 Å². The van der Waals surface area contributed by atoms with Gasteiger partial charge in [0.2, 0.25) is 11.9 Å². The highest BCUT2D eigenvalue weighted by Gasteiger charge is 2.34. The zero-order valence-corrected chi connectivity index (χ0v) is 19.8. The molecule has 0 radical (unpaired) electrons. The summed E-state index contributed by atoms with van der Waals surface area (Å²) < 4.78 is 10.6. The minimum atomic E-state index is -0.159. The molecule has 1 aromatic heterocycles. The molecule has 0 bridgehead atoms. The summed E-state index contributed by atoms with van der Waals surface area (Å²) >= 11 is 0. The average molecular weight is 455 g/mol. The number of methoxy groups -OCH3 is 1. The van der Waals surface area contributed by atoms with Crippen molar-refractivity contribution in [1.82, 2.24) is 14.9 Å². The largest absolute Gasteiger partial charge is 0.497 e. The van der Waals surface area contributed by atoms with Gasteiger partial charge in [-0.1, -0.05) is 12.1 Å². The molecular formula is C25H34N4O4. The topological polar surface area (TPSA) is 87.8 Å². The molecule has 1 saturated heterocycles. The Morgan fingerprint density at radius 3 is 2.58 bits per heavy atom. The molecule has 2 fully saturated rings. The van der Waals surface area contributed by atoms with Crippen LogP contribution in [0.1, 0.15) is 43.0 Å². The number of morpholine rings is 1. The van der Waals surface area contributed by atoms with Gasteiger partial charge in [-0.05, 0) is 56.7 Å². The summed E-state index contributed by atoms with van der Waals surface area (Å²) in [5.41, 5.74) is 2.18. The van der Waals surface area contributed by atoms with E-state index in [0.29, 0.717) is 62.4 Å². The highest BCUT2D eigenvalue weighted by Crippen LogP contribution is 2.36. The molecule has 1 unspecified atom stereocenters. The first kappa shape index (κ1) is 23.3. The summed E-state index contributed by atoms with van der Waals surface area (Å²) in [5.74, 6) is 2.02. The number of hydrogen-bond donors (Lipinski definition) is 1. The number of anilines is 1. The van der Waals surface area contributed by atoms with Crippen LogP contribution in [-0.2, 0) is 22.5 Å². The van der Waals surface area contributed by atoms with Crippen LogP contribution in [0.4, 0.5) is 5.95 Å². The zero-order valence-electron chi connectivity index (χ0n) is 19.8. The van der Waals surface area contributed by atoms with Crippen LogP contribution < -0.4 is 15.2 Å². The van der Waals surface area contributed by atoms with Gasteiger partial charge >= 0.3 is 0 Å². The standard InChI is InChI=1S/C25H34N4O4/c1-17-22(24(31)27-25(26-17)28-12-14-33-15-13-28)10-11-23(30)29(18(2)20-6-7-20)16-19-4-8-21(32-3)9-5-19/h4-5,8-9,18,20H,6-7,10-16H2,1-3H3,(H,26,27,31). The number of nitrogens with one attached hydrogen (secondary N) is 1. The molecule has 4 rings (SSSR count). The third-order valence-electron chi connectivity index (χ3n) is 6.74. The van der Waals surface area contributed by atoms with E-state index in [2.05, 4.69) is 16.9 Å². The lowest BCUT2D eigenvalue weighted by Gasteiger charge is -2.30. The van der Waals surface area contributed by atoms with Crippen molar-refractivity contribution in [2.45, 2.75) is 52.1 Å². The number of aryl methyl sites for hydroxylation is 1. The van der Waals surface area contributed by atoms with E-state index in [-0.39, 0.29) is 23.9 Å². The van der Waals surface area contributed by atoms with Gasteiger partial charge in [-0.25, -0.2) is 4.98 Å². The number of H-pyrrole nitrogens is 1. The number of benzene rings is 1. The van der Waals surface area contributed by atoms with Crippen LogP contribution in [0.3, 0.4) is 0 Å². The second kappa shape index (κ2) is 10.4. The minimum Gasteiger partial charge on any atom is -0.497 e. The molecule has 178 valence electrons. The summed E-state index contributed by atoms with van der Waals surface area (Å²) in [6.45, 7) is 7.21. The van der Waals surface area contributed by atoms with Crippen molar-refractivity contribution in [3.05, 3.63) is 51.4 Å². The fourth-order valence-corrected chi connectivity index (χ4v) is 4.41. The maximum Gasteiger partial charge on any atom is 0.255 e. The van der Waals surface area contributed by atoms with Crippen molar-refractivity contribution >= 4 is 11.9 Å². The summed E-state index contributed by atoms with van der Waals surface area (Å²) in [7, 11) is 1.64. The van der Waals surface area contributed by atoms with Gasteiger partial charge < -0.3 is 19.3 Å². The molecule has 1 atom stereocenters. The molecule has 1 saturated carbocycles. The van der Waals surface area contributed by atoms with Crippen molar-refractivity contribution < 1.29 is 14.3 Å². The minimum absolute atomic E-state index is 0.0706. The molecule has 1 amide bonds. The van der Waals surface area contributed by atoms with E-state index in [1.807, 2.05) is 41.0 Å². The van der Waals surface area contributed by atoms with Crippen LogP contribution in [-0.4, -0.2) is 60.2 Å². The Morgan fingerprint density at radius 1 is 1.27 bits per heavy atom.